The summed E-state index contributed by atoms with van der Waals surface area (Å²) in [6.07, 6.45) is 2.35. The normalized spacial score (nSPS) is 12.0. The van der Waals surface area contributed by atoms with Crippen LogP contribution in [0.3, 0.4) is 0 Å². The first-order chi connectivity index (χ1) is 17.4. The highest BCUT2D eigenvalue weighted by Crippen LogP contribution is 2.28. The van der Waals surface area contributed by atoms with E-state index < -0.39 is 6.04 Å². The van der Waals surface area contributed by atoms with Crippen LogP contribution in [-0.4, -0.2) is 43.5 Å². The third-order valence-electron chi connectivity index (χ3n) is 5.45. The number of thiophene rings is 1. The summed E-state index contributed by atoms with van der Waals surface area (Å²) in [5.74, 6) is 0.213. The van der Waals surface area contributed by atoms with Crippen LogP contribution >= 0.6 is 11.3 Å². The first-order valence-electron chi connectivity index (χ1n) is 11.6. The second-order valence-electron chi connectivity index (χ2n) is 8.64. The molecule has 2 amide bonds. The minimum absolute atomic E-state index is 0.0888. The lowest BCUT2D eigenvalue weighted by Crippen LogP contribution is -2.44. The highest BCUT2D eigenvalue weighted by molar-refractivity contribution is 7.10. The van der Waals surface area contributed by atoms with Crippen LogP contribution in [0.5, 0.6) is 0 Å². The van der Waals surface area contributed by atoms with Gasteiger partial charge in [0.25, 0.3) is 0 Å². The van der Waals surface area contributed by atoms with Crippen LogP contribution in [0, 0.1) is 11.7 Å². The molecule has 0 aliphatic rings. The summed E-state index contributed by atoms with van der Waals surface area (Å²) in [5.41, 5.74) is 0.573. The van der Waals surface area contributed by atoms with Gasteiger partial charge in [-0.3, -0.25) is 9.59 Å². The smallest absolute Gasteiger partial charge is 0.248 e. The fraction of sp³-hybridized carbons (Fsp3) is 0.320. The molecule has 0 aliphatic carbocycles. The monoisotopic (exact) mass is 510 g/mol. The van der Waals surface area contributed by atoms with E-state index in [0.717, 1.165) is 16.1 Å². The maximum atomic E-state index is 13.6. The minimum Gasteiger partial charge on any atom is -0.467 e. The molecule has 0 radical (unpaired) electrons. The third-order valence-corrected chi connectivity index (χ3v) is 6.38. The second kappa shape index (κ2) is 11.7. The molecular formula is C25H27FN6O3S. The van der Waals surface area contributed by atoms with Gasteiger partial charge in [0.05, 0.1) is 12.8 Å². The van der Waals surface area contributed by atoms with Gasteiger partial charge in [-0.2, -0.15) is 4.80 Å². The van der Waals surface area contributed by atoms with Gasteiger partial charge in [0.15, 0.2) is 0 Å². The van der Waals surface area contributed by atoms with Gasteiger partial charge in [-0.25, -0.2) is 4.39 Å². The Hall–Kier alpha value is -3.86. The molecule has 4 aromatic rings. The number of rotatable bonds is 11. The summed E-state index contributed by atoms with van der Waals surface area (Å²) in [4.78, 5) is 30.3. The number of hydrogen-bond donors (Lipinski definition) is 1. The average Bonchev–Trinajstić information content (AvgIpc) is 3.63. The number of tetrazole rings is 1. The van der Waals surface area contributed by atoms with Crippen molar-refractivity contribution in [2.24, 2.45) is 5.92 Å². The molecule has 0 saturated carbocycles. The number of halogens is 1. The molecule has 188 valence electrons. The molecule has 3 aromatic heterocycles. The fourth-order valence-corrected chi connectivity index (χ4v) is 4.42. The molecule has 11 heteroatoms. The number of carbonyl (C=O) groups excluding carboxylic acids is 2. The van der Waals surface area contributed by atoms with Crippen LogP contribution in [0.2, 0.25) is 0 Å². The molecule has 3 heterocycles. The van der Waals surface area contributed by atoms with E-state index in [-0.39, 0.29) is 36.5 Å². The standard InChI is InChI=1S/C25H27FN6O3S/c1-17(2)11-12-27-25(34)23(21-6-4-14-36-21)31(15-20-5-3-13-35-20)22(33)16-32-29-24(28-30-32)18-7-9-19(26)10-8-18/h3-10,13-14,17,23H,11-12,15-16H2,1-2H3,(H,27,34). The van der Waals surface area contributed by atoms with Gasteiger partial charge in [-0.15, -0.1) is 21.5 Å². The summed E-state index contributed by atoms with van der Waals surface area (Å²) >= 11 is 1.40. The Morgan fingerprint density at radius 1 is 1.17 bits per heavy atom. The highest BCUT2D eigenvalue weighted by Gasteiger charge is 2.33. The number of amides is 2. The van der Waals surface area contributed by atoms with Crippen molar-refractivity contribution in [1.82, 2.24) is 30.4 Å². The highest BCUT2D eigenvalue weighted by atomic mass is 32.1. The van der Waals surface area contributed by atoms with Crippen LogP contribution in [0.25, 0.3) is 11.4 Å². The number of hydrogen-bond acceptors (Lipinski definition) is 7. The second-order valence-corrected chi connectivity index (χ2v) is 9.62. The molecule has 1 unspecified atom stereocenters. The van der Waals surface area contributed by atoms with Crippen molar-refractivity contribution in [2.75, 3.05) is 6.54 Å². The molecule has 1 atom stereocenters. The van der Waals surface area contributed by atoms with Crippen molar-refractivity contribution < 1.29 is 18.4 Å². The lowest BCUT2D eigenvalue weighted by Gasteiger charge is -2.29. The van der Waals surface area contributed by atoms with Crippen molar-refractivity contribution >= 4 is 23.2 Å². The zero-order chi connectivity index (χ0) is 25.5. The summed E-state index contributed by atoms with van der Waals surface area (Å²) in [6.45, 7) is 4.52. The van der Waals surface area contributed by atoms with Gasteiger partial charge in [-0.05, 0) is 65.4 Å². The SMILES string of the molecule is CC(C)CCNC(=O)C(c1cccs1)N(Cc1ccco1)C(=O)Cn1nnc(-c2ccc(F)cc2)n1. The molecular weight excluding hydrogens is 483 g/mol. The van der Waals surface area contributed by atoms with Crippen LogP contribution in [-0.2, 0) is 22.7 Å². The van der Waals surface area contributed by atoms with E-state index in [4.69, 9.17) is 4.42 Å². The number of aromatic nitrogens is 4. The Bertz CT molecular complexity index is 1260. The quantitative estimate of drug-likeness (QED) is 0.326. The number of carbonyl (C=O) groups is 2. The Labute approximate surface area is 211 Å². The molecule has 4 rings (SSSR count). The zero-order valence-corrected chi connectivity index (χ0v) is 20.8. The number of benzene rings is 1. The summed E-state index contributed by atoms with van der Waals surface area (Å²) in [7, 11) is 0. The fourth-order valence-electron chi connectivity index (χ4n) is 3.58. The van der Waals surface area contributed by atoms with E-state index in [0.29, 0.717) is 23.8 Å². The van der Waals surface area contributed by atoms with E-state index in [2.05, 4.69) is 34.6 Å². The molecule has 0 spiro atoms. The predicted molar refractivity (Wildman–Crippen MR) is 132 cm³/mol. The van der Waals surface area contributed by atoms with Gasteiger partial charge in [-0.1, -0.05) is 19.9 Å². The van der Waals surface area contributed by atoms with Gasteiger partial charge >= 0.3 is 0 Å². The molecule has 1 N–H and O–H groups in total. The first-order valence-corrected chi connectivity index (χ1v) is 12.5. The van der Waals surface area contributed by atoms with E-state index in [9.17, 15) is 14.0 Å². The topological polar surface area (TPSA) is 106 Å². The van der Waals surface area contributed by atoms with Gasteiger partial charge in [0.1, 0.15) is 24.2 Å². The van der Waals surface area contributed by atoms with Crippen LogP contribution < -0.4 is 5.32 Å². The van der Waals surface area contributed by atoms with Crippen LogP contribution in [0.1, 0.15) is 36.9 Å². The zero-order valence-electron chi connectivity index (χ0n) is 20.0. The molecule has 0 aliphatic heterocycles. The molecule has 1 aromatic carbocycles. The van der Waals surface area contributed by atoms with Gasteiger partial charge < -0.3 is 14.6 Å². The van der Waals surface area contributed by atoms with E-state index in [1.807, 2.05) is 17.5 Å². The van der Waals surface area contributed by atoms with Crippen molar-refractivity contribution in [1.29, 1.82) is 0 Å². The Balaban J connectivity index is 1.58. The molecule has 0 fully saturated rings. The van der Waals surface area contributed by atoms with Crippen molar-refractivity contribution in [3.63, 3.8) is 0 Å². The van der Waals surface area contributed by atoms with Crippen molar-refractivity contribution in [3.05, 3.63) is 76.6 Å². The molecule has 0 saturated heterocycles. The van der Waals surface area contributed by atoms with E-state index >= 15 is 0 Å². The molecule has 9 nitrogen and oxygen atoms in total. The van der Waals surface area contributed by atoms with Crippen LogP contribution in [0.4, 0.5) is 4.39 Å². The number of furan rings is 1. The first kappa shape index (κ1) is 25.2. The Morgan fingerprint density at radius 3 is 2.64 bits per heavy atom. The Morgan fingerprint density at radius 2 is 1.97 bits per heavy atom. The summed E-state index contributed by atoms with van der Waals surface area (Å²) in [5, 5.41) is 17.1. The number of nitrogens with zero attached hydrogens (tertiary/aromatic N) is 5. The van der Waals surface area contributed by atoms with E-state index in [1.54, 1.807) is 12.1 Å². The van der Waals surface area contributed by atoms with Gasteiger partial charge in [0.2, 0.25) is 17.6 Å². The van der Waals surface area contributed by atoms with Crippen molar-refractivity contribution in [3.8, 4) is 11.4 Å². The minimum atomic E-state index is -0.852. The largest absolute Gasteiger partial charge is 0.467 e. The molecule has 36 heavy (non-hydrogen) atoms. The maximum Gasteiger partial charge on any atom is 0.248 e. The predicted octanol–water partition coefficient (Wildman–Crippen LogP) is 4.07. The Kier molecular flexibility index (Phi) is 8.21. The average molecular weight is 511 g/mol. The third kappa shape index (κ3) is 6.42. The lowest BCUT2D eigenvalue weighted by atomic mass is 10.1. The van der Waals surface area contributed by atoms with Gasteiger partial charge in [0, 0.05) is 17.0 Å². The van der Waals surface area contributed by atoms with Crippen molar-refractivity contribution in [2.45, 2.75) is 39.4 Å². The van der Waals surface area contributed by atoms with Crippen LogP contribution in [0.15, 0.2) is 64.6 Å². The summed E-state index contributed by atoms with van der Waals surface area (Å²) < 4.78 is 18.7. The summed E-state index contributed by atoms with van der Waals surface area (Å²) in [6, 6.07) is 12.0. The number of nitrogens with one attached hydrogen (secondary N) is 1. The van der Waals surface area contributed by atoms with E-state index in [1.165, 1.54) is 46.8 Å². The maximum absolute atomic E-state index is 13.6. The lowest BCUT2D eigenvalue weighted by molar-refractivity contribution is -0.142. The molecule has 0 bridgehead atoms.